The van der Waals surface area contributed by atoms with Gasteiger partial charge >= 0.3 is 0 Å². The molecule has 3 atom stereocenters. The third-order valence-corrected chi connectivity index (χ3v) is 3.76. The molecule has 0 aromatic carbocycles. The van der Waals surface area contributed by atoms with Crippen molar-refractivity contribution in [2.75, 3.05) is 6.61 Å². The second-order valence-corrected chi connectivity index (χ2v) is 5.01. The summed E-state index contributed by atoms with van der Waals surface area (Å²) in [6.07, 6.45) is 7.05. The van der Waals surface area contributed by atoms with E-state index < -0.39 is 0 Å². The third kappa shape index (κ3) is 2.78. The monoisotopic (exact) mass is 234 g/mol. The van der Waals surface area contributed by atoms with E-state index in [0.717, 1.165) is 25.2 Å². The third-order valence-electron chi connectivity index (χ3n) is 3.76. The van der Waals surface area contributed by atoms with Crippen molar-refractivity contribution >= 4 is 0 Å². The molecule has 3 heteroatoms. The Bertz CT molecular complexity index is 367. The van der Waals surface area contributed by atoms with Gasteiger partial charge in [-0.3, -0.25) is 4.98 Å². The molecule has 1 heterocycles. The van der Waals surface area contributed by atoms with Gasteiger partial charge in [0.05, 0.1) is 12.8 Å². The molecular weight excluding hydrogens is 212 g/mol. The van der Waals surface area contributed by atoms with Crippen molar-refractivity contribution in [1.29, 1.82) is 0 Å². The Kier molecular flexibility index (Phi) is 4.00. The molecule has 0 saturated heterocycles. The summed E-state index contributed by atoms with van der Waals surface area (Å²) in [6, 6.07) is 2.46. The number of ether oxygens (including phenoxy) is 1. The van der Waals surface area contributed by atoms with Crippen molar-refractivity contribution in [3.63, 3.8) is 0 Å². The fourth-order valence-corrected chi connectivity index (χ4v) is 2.60. The largest absolute Gasteiger partial charge is 0.492 e. The second kappa shape index (κ2) is 5.50. The predicted octanol–water partition coefficient (Wildman–Crippen LogP) is 2.71. The van der Waals surface area contributed by atoms with Crippen LogP contribution >= 0.6 is 0 Å². The molecule has 1 fully saturated rings. The Hall–Kier alpha value is -1.09. The van der Waals surface area contributed by atoms with Crippen LogP contribution in [0, 0.1) is 5.92 Å². The smallest absolute Gasteiger partial charge is 0.137 e. The summed E-state index contributed by atoms with van der Waals surface area (Å²) in [5, 5.41) is 0. The van der Waals surface area contributed by atoms with E-state index >= 15 is 0 Å². The summed E-state index contributed by atoms with van der Waals surface area (Å²) in [5.74, 6) is 1.97. The molecule has 2 rings (SSSR count). The van der Waals surface area contributed by atoms with Crippen molar-refractivity contribution in [1.82, 2.24) is 4.98 Å². The van der Waals surface area contributed by atoms with Crippen molar-refractivity contribution in [2.45, 2.75) is 45.1 Å². The highest BCUT2D eigenvalue weighted by Gasteiger charge is 2.31. The summed E-state index contributed by atoms with van der Waals surface area (Å²) in [7, 11) is 0. The van der Waals surface area contributed by atoms with E-state index in [1.165, 1.54) is 12.0 Å². The minimum Gasteiger partial charge on any atom is -0.492 e. The van der Waals surface area contributed by atoms with Gasteiger partial charge in [-0.1, -0.05) is 13.8 Å². The SMILES string of the molecule is CCCOc1cncc(C2CCC(N)C2C)c1. The van der Waals surface area contributed by atoms with E-state index in [2.05, 4.69) is 24.9 Å². The Balaban J connectivity index is 2.10. The van der Waals surface area contributed by atoms with Crippen molar-refractivity contribution in [3.8, 4) is 5.75 Å². The van der Waals surface area contributed by atoms with Crippen LogP contribution in [0.4, 0.5) is 0 Å². The topological polar surface area (TPSA) is 48.1 Å². The molecule has 17 heavy (non-hydrogen) atoms. The first-order valence-electron chi connectivity index (χ1n) is 6.55. The van der Waals surface area contributed by atoms with Crippen LogP contribution in [-0.4, -0.2) is 17.6 Å². The van der Waals surface area contributed by atoms with E-state index in [-0.39, 0.29) is 0 Å². The maximum atomic E-state index is 6.07. The van der Waals surface area contributed by atoms with E-state index in [1.807, 2.05) is 6.20 Å². The number of rotatable bonds is 4. The molecular formula is C14H22N2O. The number of pyridine rings is 1. The lowest BCUT2D eigenvalue weighted by Crippen LogP contribution is -2.24. The summed E-state index contributed by atoms with van der Waals surface area (Å²) >= 11 is 0. The van der Waals surface area contributed by atoms with Gasteiger partial charge in [0.2, 0.25) is 0 Å². The summed E-state index contributed by atoms with van der Waals surface area (Å²) < 4.78 is 5.62. The average Bonchev–Trinajstić information content (AvgIpc) is 2.68. The van der Waals surface area contributed by atoms with Gasteiger partial charge in [0, 0.05) is 12.2 Å². The fourth-order valence-electron chi connectivity index (χ4n) is 2.60. The molecule has 1 aromatic heterocycles. The second-order valence-electron chi connectivity index (χ2n) is 5.01. The summed E-state index contributed by atoms with van der Waals surface area (Å²) in [4.78, 5) is 4.28. The fraction of sp³-hybridized carbons (Fsp3) is 0.643. The van der Waals surface area contributed by atoms with Crippen LogP contribution in [0.3, 0.4) is 0 Å². The van der Waals surface area contributed by atoms with E-state index in [1.54, 1.807) is 6.20 Å². The molecule has 2 N–H and O–H groups in total. The van der Waals surface area contributed by atoms with Crippen molar-refractivity contribution in [3.05, 3.63) is 24.0 Å². The predicted molar refractivity (Wildman–Crippen MR) is 69.1 cm³/mol. The van der Waals surface area contributed by atoms with Crippen LogP contribution in [0.25, 0.3) is 0 Å². The Morgan fingerprint density at radius 1 is 1.41 bits per heavy atom. The number of hydrogen-bond donors (Lipinski definition) is 1. The Labute approximate surface area is 103 Å². The maximum absolute atomic E-state index is 6.07. The molecule has 3 unspecified atom stereocenters. The number of hydrogen-bond acceptors (Lipinski definition) is 3. The van der Waals surface area contributed by atoms with Gasteiger partial charge in [0.15, 0.2) is 0 Å². The highest BCUT2D eigenvalue weighted by Crippen LogP contribution is 2.39. The molecule has 1 saturated carbocycles. The van der Waals surface area contributed by atoms with Gasteiger partial charge in [-0.05, 0) is 42.7 Å². The first kappa shape index (κ1) is 12.4. The molecule has 1 aromatic rings. The van der Waals surface area contributed by atoms with Crippen LogP contribution in [0.2, 0.25) is 0 Å². The van der Waals surface area contributed by atoms with Gasteiger partial charge in [-0.2, -0.15) is 0 Å². The first-order chi connectivity index (χ1) is 8.22. The molecule has 94 valence electrons. The number of aromatic nitrogens is 1. The van der Waals surface area contributed by atoms with Gasteiger partial charge in [-0.25, -0.2) is 0 Å². The molecule has 0 aliphatic heterocycles. The summed E-state index contributed by atoms with van der Waals surface area (Å²) in [6.45, 7) is 5.10. The molecule has 3 nitrogen and oxygen atoms in total. The first-order valence-corrected chi connectivity index (χ1v) is 6.55. The average molecular weight is 234 g/mol. The molecule has 1 aliphatic rings. The van der Waals surface area contributed by atoms with Gasteiger partial charge in [0.1, 0.15) is 5.75 Å². The van der Waals surface area contributed by atoms with Crippen LogP contribution in [-0.2, 0) is 0 Å². The standard InChI is InChI=1S/C14H22N2O/c1-3-6-17-12-7-11(8-16-9-12)13-4-5-14(15)10(13)2/h7-10,13-14H,3-6,15H2,1-2H3. The molecule has 0 spiro atoms. The lowest BCUT2D eigenvalue weighted by Gasteiger charge is -2.18. The minimum absolute atomic E-state index is 0.334. The summed E-state index contributed by atoms with van der Waals surface area (Å²) in [5.41, 5.74) is 7.35. The Morgan fingerprint density at radius 2 is 2.24 bits per heavy atom. The molecule has 0 bridgehead atoms. The van der Waals surface area contributed by atoms with Gasteiger partial charge in [0.25, 0.3) is 0 Å². The van der Waals surface area contributed by atoms with Crippen LogP contribution in [0.1, 0.15) is 44.6 Å². The highest BCUT2D eigenvalue weighted by molar-refractivity contribution is 5.28. The van der Waals surface area contributed by atoms with Crippen LogP contribution < -0.4 is 10.5 Å². The Morgan fingerprint density at radius 3 is 2.88 bits per heavy atom. The quantitative estimate of drug-likeness (QED) is 0.871. The zero-order valence-electron chi connectivity index (χ0n) is 10.7. The number of nitrogens with zero attached hydrogens (tertiary/aromatic N) is 1. The lowest BCUT2D eigenvalue weighted by molar-refractivity contribution is 0.315. The zero-order valence-corrected chi connectivity index (χ0v) is 10.7. The minimum atomic E-state index is 0.334. The maximum Gasteiger partial charge on any atom is 0.137 e. The van der Waals surface area contributed by atoms with Crippen molar-refractivity contribution in [2.24, 2.45) is 11.7 Å². The van der Waals surface area contributed by atoms with Crippen molar-refractivity contribution < 1.29 is 4.74 Å². The lowest BCUT2D eigenvalue weighted by atomic mass is 9.90. The zero-order chi connectivity index (χ0) is 12.3. The van der Waals surface area contributed by atoms with Crippen LogP contribution in [0.15, 0.2) is 18.5 Å². The van der Waals surface area contributed by atoms with Gasteiger partial charge < -0.3 is 10.5 Å². The highest BCUT2D eigenvalue weighted by atomic mass is 16.5. The van der Waals surface area contributed by atoms with Crippen LogP contribution in [0.5, 0.6) is 5.75 Å². The molecule has 1 aliphatic carbocycles. The molecule has 0 amide bonds. The molecule has 0 radical (unpaired) electrons. The van der Waals surface area contributed by atoms with E-state index in [9.17, 15) is 0 Å². The van der Waals surface area contributed by atoms with E-state index in [0.29, 0.717) is 17.9 Å². The normalized spacial score (nSPS) is 28.3. The van der Waals surface area contributed by atoms with E-state index in [4.69, 9.17) is 10.5 Å². The number of nitrogens with two attached hydrogens (primary N) is 1. The van der Waals surface area contributed by atoms with Gasteiger partial charge in [-0.15, -0.1) is 0 Å².